The molecular weight excluding hydrogens is 588 g/mol. The highest BCUT2D eigenvalue weighted by molar-refractivity contribution is 7.93. The molecule has 15 heteroatoms. The predicted octanol–water partition coefficient (Wildman–Crippen LogP) is 7.38. The Morgan fingerprint density at radius 1 is 1.10 bits per heavy atom. The molecule has 1 heterocycles. The second kappa shape index (κ2) is 11.1. The van der Waals surface area contributed by atoms with E-state index in [0.29, 0.717) is 6.07 Å². The number of nitrogens with zero attached hydrogens (tertiary/aromatic N) is 2. The third-order valence-electron chi connectivity index (χ3n) is 5.71. The maximum atomic E-state index is 14.6. The molecule has 0 aliphatic carbocycles. The topological polar surface area (TPSA) is 88.1 Å². The fraction of sp³-hybridized carbons (Fsp3) is 0.440. The maximum absolute atomic E-state index is 14.6. The standard InChI is InChI=1S/C25H26ClF6N3O4S/c1-23(2,3)39-22(37)34-40(4,38)20-11-14(5-6-18(20)27)33-21(36)15-12-17(26)16(25(30,31)32)13-19(15)35-9-7-24(28,29)8-10-35/h5-6,11-13H,7-10H2,1-4H3,(H,33,36)/t40-/m1/s1. The third-order valence-corrected chi connectivity index (χ3v) is 7.65. The lowest BCUT2D eigenvalue weighted by atomic mass is 10.0. The van der Waals surface area contributed by atoms with Gasteiger partial charge in [0.15, 0.2) is 0 Å². The number of halogens is 7. The van der Waals surface area contributed by atoms with E-state index in [0.717, 1.165) is 30.5 Å². The van der Waals surface area contributed by atoms with Crippen molar-refractivity contribution in [2.24, 2.45) is 4.36 Å². The molecular formula is C25H26ClF6N3O4S. The SMILES string of the molecule is CC(C)(C)OC(=O)N=[S@](C)(=O)c1cc(NC(=O)c2cc(Cl)c(C(F)(F)F)cc2N2CCC(F)(F)CC2)ccc1F. The molecule has 0 spiro atoms. The summed E-state index contributed by atoms with van der Waals surface area (Å²) < 4.78 is 104. The summed E-state index contributed by atoms with van der Waals surface area (Å²) >= 11 is 5.84. The monoisotopic (exact) mass is 613 g/mol. The van der Waals surface area contributed by atoms with E-state index < -0.39 is 73.6 Å². The molecule has 40 heavy (non-hydrogen) atoms. The van der Waals surface area contributed by atoms with E-state index in [1.165, 1.54) is 4.90 Å². The smallest absolute Gasteiger partial charge is 0.442 e. The van der Waals surface area contributed by atoms with E-state index in [-0.39, 0.29) is 30.0 Å². The number of carbonyl (C=O) groups excluding carboxylic acids is 2. The second-order valence-electron chi connectivity index (χ2n) is 10.2. The number of rotatable bonds is 4. The number of benzene rings is 2. The van der Waals surface area contributed by atoms with E-state index in [4.69, 9.17) is 16.3 Å². The summed E-state index contributed by atoms with van der Waals surface area (Å²) in [7, 11) is -3.70. The van der Waals surface area contributed by atoms with Crippen LogP contribution in [0, 0.1) is 5.82 Å². The normalized spacial score (nSPS) is 17.1. The number of amides is 2. The van der Waals surface area contributed by atoms with Crippen molar-refractivity contribution in [3.8, 4) is 0 Å². The third kappa shape index (κ3) is 7.80. The van der Waals surface area contributed by atoms with E-state index in [1.54, 1.807) is 20.8 Å². The van der Waals surface area contributed by atoms with Gasteiger partial charge in [0, 0.05) is 37.9 Å². The fourth-order valence-corrected chi connectivity index (χ4v) is 5.31. The van der Waals surface area contributed by atoms with Crippen molar-refractivity contribution in [3.63, 3.8) is 0 Å². The Morgan fingerprint density at radius 3 is 2.25 bits per heavy atom. The highest BCUT2D eigenvalue weighted by Gasteiger charge is 2.38. The molecule has 1 N–H and O–H groups in total. The van der Waals surface area contributed by atoms with Crippen molar-refractivity contribution in [1.29, 1.82) is 0 Å². The van der Waals surface area contributed by atoms with Gasteiger partial charge in [0.2, 0.25) is 0 Å². The molecule has 0 aromatic heterocycles. The van der Waals surface area contributed by atoms with Crippen LogP contribution < -0.4 is 10.2 Å². The van der Waals surface area contributed by atoms with Crippen LogP contribution in [0.1, 0.15) is 49.5 Å². The van der Waals surface area contributed by atoms with Crippen LogP contribution in [-0.2, 0) is 20.6 Å². The van der Waals surface area contributed by atoms with Crippen molar-refractivity contribution in [2.45, 2.75) is 56.2 Å². The van der Waals surface area contributed by atoms with Crippen molar-refractivity contribution in [2.75, 3.05) is 29.6 Å². The van der Waals surface area contributed by atoms with Gasteiger partial charge in [-0.15, -0.1) is 4.36 Å². The number of piperidine rings is 1. The summed E-state index contributed by atoms with van der Waals surface area (Å²) in [4.78, 5) is 26.0. The second-order valence-corrected chi connectivity index (χ2v) is 12.8. The van der Waals surface area contributed by atoms with E-state index in [2.05, 4.69) is 9.68 Å². The molecule has 2 aromatic rings. The van der Waals surface area contributed by atoms with Gasteiger partial charge in [-0.05, 0) is 51.1 Å². The molecule has 0 saturated carbocycles. The first-order valence-corrected chi connectivity index (χ1v) is 14.1. The van der Waals surface area contributed by atoms with Gasteiger partial charge in [-0.2, -0.15) is 13.2 Å². The molecule has 1 atom stereocenters. The number of nitrogens with one attached hydrogen (secondary N) is 1. The Kier molecular flexibility index (Phi) is 8.76. The van der Waals surface area contributed by atoms with E-state index in [9.17, 15) is 40.1 Å². The minimum absolute atomic E-state index is 0.137. The Morgan fingerprint density at radius 2 is 1.70 bits per heavy atom. The predicted molar refractivity (Wildman–Crippen MR) is 138 cm³/mol. The van der Waals surface area contributed by atoms with Gasteiger partial charge in [0.05, 0.1) is 36.5 Å². The zero-order valence-corrected chi connectivity index (χ0v) is 23.4. The molecule has 1 fully saturated rings. The first-order chi connectivity index (χ1) is 18.2. The molecule has 1 saturated heterocycles. The fourth-order valence-electron chi connectivity index (χ4n) is 3.84. The van der Waals surface area contributed by atoms with Gasteiger partial charge in [-0.25, -0.2) is 22.2 Å². The average Bonchev–Trinajstić information content (AvgIpc) is 2.77. The number of hydrogen-bond acceptors (Lipinski definition) is 5. The van der Waals surface area contributed by atoms with Gasteiger partial charge >= 0.3 is 12.3 Å². The van der Waals surface area contributed by atoms with Crippen LogP contribution in [0.4, 0.5) is 42.5 Å². The Hall–Kier alpha value is -3.00. The Balaban J connectivity index is 2.00. The van der Waals surface area contributed by atoms with Crippen molar-refractivity contribution in [1.82, 2.24) is 0 Å². The number of hydrogen-bond donors (Lipinski definition) is 1. The molecule has 220 valence electrons. The highest BCUT2D eigenvalue weighted by atomic mass is 35.5. The molecule has 2 aromatic carbocycles. The number of carbonyl (C=O) groups is 2. The van der Waals surface area contributed by atoms with Crippen LogP contribution in [0.25, 0.3) is 0 Å². The molecule has 1 aliphatic rings. The maximum Gasteiger partial charge on any atom is 0.442 e. The lowest BCUT2D eigenvalue weighted by molar-refractivity contribution is -0.137. The van der Waals surface area contributed by atoms with Gasteiger partial charge in [0.25, 0.3) is 11.8 Å². The van der Waals surface area contributed by atoms with Crippen molar-refractivity contribution in [3.05, 3.63) is 52.3 Å². The molecule has 0 radical (unpaired) electrons. The summed E-state index contributed by atoms with van der Waals surface area (Å²) in [6, 6.07) is 4.29. The van der Waals surface area contributed by atoms with E-state index in [1.807, 2.05) is 0 Å². The number of ether oxygens (including phenoxy) is 1. The summed E-state index contributed by atoms with van der Waals surface area (Å²) in [6.07, 6.45) is -6.37. The first kappa shape index (κ1) is 31.5. The largest absolute Gasteiger partial charge is 0.442 e. The molecule has 0 bridgehead atoms. The number of anilines is 2. The van der Waals surface area contributed by atoms with Crippen LogP contribution in [-0.4, -0.2) is 47.1 Å². The van der Waals surface area contributed by atoms with Crippen LogP contribution in [0.2, 0.25) is 5.02 Å². The molecule has 1 aliphatic heterocycles. The summed E-state index contributed by atoms with van der Waals surface area (Å²) in [5.41, 5.74) is -2.98. The van der Waals surface area contributed by atoms with E-state index >= 15 is 0 Å². The molecule has 7 nitrogen and oxygen atoms in total. The summed E-state index contributed by atoms with van der Waals surface area (Å²) in [5.74, 6) is -5.00. The molecule has 2 amide bonds. The number of alkyl halides is 5. The van der Waals surface area contributed by atoms with Gasteiger partial charge < -0.3 is 15.0 Å². The minimum atomic E-state index is -4.88. The van der Waals surface area contributed by atoms with Crippen molar-refractivity contribution >= 4 is 44.7 Å². The minimum Gasteiger partial charge on any atom is -0.442 e. The highest BCUT2D eigenvalue weighted by Crippen LogP contribution is 2.40. The average molecular weight is 614 g/mol. The molecule has 0 unspecified atom stereocenters. The zero-order chi connectivity index (χ0) is 30.3. The zero-order valence-electron chi connectivity index (χ0n) is 21.8. The first-order valence-electron chi connectivity index (χ1n) is 11.8. The van der Waals surface area contributed by atoms with Gasteiger partial charge in [0.1, 0.15) is 11.4 Å². The van der Waals surface area contributed by atoms with Crippen LogP contribution in [0.15, 0.2) is 39.6 Å². The Bertz CT molecular complexity index is 1440. The van der Waals surface area contributed by atoms with Crippen LogP contribution >= 0.6 is 11.6 Å². The quantitative estimate of drug-likeness (QED) is 0.364. The van der Waals surface area contributed by atoms with Crippen LogP contribution in [0.5, 0.6) is 0 Å². The van der Waals surface area contributed by atoms with Crippen molar-refractivity contribution < 1.29 is 44.9 Å². The lowest BCUT2D eigenvalue weighted by Gasteiger charge is -2.34. The summed E-state index contributed by atoms with van der Waals surface area (Å²) in [6.45, 7) is 4.00. The van der Waals surface area contributed by atoms with Crippen LogP contribution in [0.3, 0.4) is 0 Å². The van der Waals surface area contributed by atoms with Gasteiger partial charge in [-0.1, -0.05) is 11.6 Å². The van der Waals surface area contributed by atoms with Gasteiger partial charge in [-0.3, -0.25) is 4.79 Å². The molecule has 3 rings (SSSR count). The Labute approximate surface area is 232 Å². The summed E-state index contributed by atoms with van der Waals surface area (Å²) in [5, 5.41) is 1.57. The lowest BCUT2D eigenvalue weighted by Crippen LogP contribution is -2.40.